The van der Waals surface area contributed by atoms with Crippen molar-refractivity contribution in [3.8, 4) is 0 Å². The van der Waals surface area contributed by atoms with Gasteiger partial charge in [-0.25, -0.2) is 4.79 Å². The lowest BCUT2D eigenvalue weighted by molar-refractivity contribution is -0.162. The summed E-state index contributed by atoms with van der Waals surface area (Å²) in [5, 5.41) is 0. The van der Waals surface area contributed by atoms with Crippen molar-refractivity contribution in [2.75, 3.05) is 13.2 Å². The number of hydrogen-bond acceptors (Lipinski definition) is 5. The quantitative estimate of drug-likeness (QED) is 0.430. The molecule has 0 radical (unpaired) electrons. The SMILES string of the molecule is CCOC(=O)C(=O)[C@H](Cc1ccccc1)C(=O)OCC. The summed E-state index contributed by atoms with van der Waals surface area (Å²) in [4.78, 5) is 35.3. The van der Waals surface area contributed by atoms with E-state index in [4.69, 9.17) is 4.74 Å². The Bertz CT molecular complexity index is 466. The minimum atomic E-state index is -1.16. The van der Waals surface area contributed by atoms with Crippen molar-refractivity contribution in [2.45, 2.75) is 20.3 Å². The van der Waals surface area contributed by atoms with Gasteiger partial charge in [-0.1, -0.05) is 30.3 Å². The number of ketones is 1. The van der Waals surface area contributed by atoms with Crippen molar-refractivity contribution in [3.05, 3.63) is 35.9 Å². The molecule has 0 aliphatic rings. The van der Waals surface area contributed by atoms with Crippen molar-refractivity contribution >= 4 is 17.7 Å². The van der Waals surface area contributed by atoms with E-state index >= 15 is 0 Å². The van der Waals surface area contributed by atoms with Gasteiger partial charge in [-0.3, -0.25) is 9.59 Å². The normalized spacial score (nSPS) is 11.5. The molecule has 0 heterocycles. The van der Waals surface area contributed by atoms with Gasteiger partial charge >= 0.3 is 11.9 Å². The molecule has 0 saturated heterocycles. The lowest BCUT2D eigenvalue weighted by atomic mass is 9.95. The van der Waals surface area contributed by atoms with Crippen LogP contribution in [0.1, 0.15) is 19.4 Å². The van der Waals surface area contributed by atoms with Crippen molar-refractivity contribution in [3.63, 3.8) is 0 Å². The standard InChI is InChI=1S/C15H18O5/c1-3-19-14(17)12(13(16)15(18)20-4-2)10-11-8-6-5-7-9-11/h5-9,12H,3-4,10H2,1-2H3/t12-/m0/s1. The lowest BCUT2D eigenvalue weighted by Gasteiger charge is -2.13. The zero-order valence-electron chi connectivity index (χ0n) is 11.6. The summed E-state index contributed by atoms with van der Waals surface area (Å²) < 4.78 is 9.51. The molecular weight excluding hydrogens is 260 g/mol. The Morgan fingerprint density at radius 1 is 1.00 bits per heavy atom. The van der Waals surface area contributed by atoms with Gasteiger partial charge in [0, 0.05) is 0 Å². The van der Waals surface area contributed by atoms with Gasteiger partial charge in [-0.05, 0) is 25.8 Å². The maximum Gasteiger partial charge on any atom is 0.375 e. The maximum atomic E-state index is 12.0. The van der Waals surface area contributed by atoms with Crippen LogP contribution >= 0.6 is 0 Å². The largest absolute Gasteiger partial charge is 0.465 e. The summed E-state index contributed by atoms with van der Waals surface area (Å²) in [5.74, 6) is -3.72. The first-order valence-electron chi connectivity index (χ1n) is 6.51. The number of ether oxygens (including phenoxy) is 2. The Kier molecular flexibility index (Phi) is 6.43. The van der Waals surface area contributed by atoms with E-state index in [1.165, 1.54) is 0 Å². The molecule has 0 unspecified atom stereocenters. The monoisotopic (exact) mass is 278 g/mol. The molecule has 1 aromatic carbocycles. The van der Waals surface area contributed by atoms with Gasteiger partial charge in [0.15, 0.2) is 0 Å². The number of rotatable bonds is 7. The van der Waals surface area contributed by atoms with Gasteiger partial charge in [0.1, 0.15) is 5.92 Å². The van der Waals surface area contributed by atoms with Crippen LogP contribution < -0.4 is 0 Å². The van der Waals surface area contributed by atoms with E-state index in [1.807, 2.05) is 6.07 Å². The summed E-state index contributed by atoms with van der Waals surface area (Å²) in [6.07, 6.45) is 0.122. The van der Waals surface area contributed by atoms with Crippen LogP contribution in [0.25, 0.3) is 0 Å². The van der Waals surface area contributed by atoms with E-state index in [2.05, 4.69) is 4.74 Å². The number of Topliss-reactive ketones (excluding diaryl/α,β-unsaturated/α-hetero) is 1. The van der Waals surface area contributed by atoms with Crippen LogP contribution in [-0.2, 0) is 30.3 Å². The van der Waals surface area contributed by atoms with E-state index in [-0.39, 0.29) is 19.6 Å². The Morgan fingerprint density at radius 2 is 1.60 bits per heavy atom. The van der Waals surface area contributed by atoms with Gasteiger partial charge in [0.2, 0.25) is 0 Å². The number of benzene rings is 1. The van der Waals surface area contributed by atoms with Crippen LogP contribution in [0.3, 0.4) is 0 Å². The molecule has 20 heavy (non-hydrogen) atoms. The zero-order valence-corrected chi connectivity index (χ0v) is 11.6. The predicted molar refractivity (Wildman–Crippen MR) is 71.9 cm³/mol. The second kappa shape index (κ2) is 8.09. The highest BCUT2D eigenvalue weighted by Crippen LogP contribution is 2.13. The van der Waals surface area contributed by atoms with Crippen molar-refractivity contribution in [1.29, 1.82) is 0 Å². The van der Waals surface area contributed by atoms with Crippen molar-refractivity contribution in [2.24, 2.45) is 5.92 Å². The summed E-state index contributed by atoms with van der Waals surface area (Å²) >= 11 is 0. The molecule has 1 atom stereocenters. The Balaban J connectivity index is 2.88. The highest BCUT2D eigenvalue weighted by atomic mass is 16.5. The van der Waals surface area contributed by atoms with E-state index in [0.717, 1.165) is 5.56 Å². The summed E-state index contributed by atoms with van der Waals surface area (Å²) in [7, 11) is 0. The second-order valence-corrected chi connectivity index (χ2v) is 4.08. The van der Waals surface area contributed by atoms with Gasteiger partial charge in [-0.2, -0.15) is 0 Å². The molecule has 108 valence electrons. The van der Waals surface area contributed by atoms with Gasteiger partial charge in [0.05, 0.1) is 13.2 Å². The molecule has 5 heteroatoms. The van der Waals surface area contributed by atoms with E-state index < -0.39 is 23.6 Å². The Labute approximate surface area is 117 Å². The van der Waals surface area contributed by atoms with E-state index in [0.29, 0.717) is 0 Å². The van der Waals surface area contributed by atoms with Gasteiger partial charge in [0.25, 0.3) is 5.78 Å². The maximum absolute atomic E-state index is 12.0. The predicted octanol–water partition coefficient (Wildman–Crippen LogP) is 1.54. The fraction of sp³-hybridized carbons (Fsp3) is 0.400. The fourth-order valence-electron chi connectivity index (χ4n) is 1.72. The van der Waals surface area contributed by atoms with E-state index in [1.54, 1.807) is 38.1 Å². The lowest BCUT2D eigenvalue weighted by Crippen LogP contribution is -2.34. The van der Waals surface area contributed by atoms with Crippen molar-refractivity contribution in [1.82, 2.24) is 0 Å². The molecule has 0 amide bonds. The number of esters is 2. The third kappa shape index (κ3) is 4.50. The average molecular weight is 278 g/mol. The van der Waals surface area contributed by atoms with Gasteiger partial charge in [-0.15, -0.1) is 0 Å². The average Bonchev–Trinajstić information content (AvgIpc) is 2.45. The molecule has 0 N–H and O–H groups in total. The van der Waals surface area contributed by atoms with Crippen LogP contribution in [0.5, 0.6) is 0 Å². The summed E-state index contributed by atoms with van der Waals surface area (Å²) in [6.45, 7) is 3.49. The number of hydrogen-bond donors (Lipinski definition) is 0. The van der Waals surface area contributed by atoms with E-state index in [9.17, 15) is 14.4 Å². The third-order valence-corrected chi connectivity index (χ3v) is 2.65. The van der Waals surface area contributed by atoms with Crippen molar-refractivity contribution < 1.29 is 23.9 Å². The van der Waals surface area contributed by atoms with Crippen LogP contribution in [0.4, 0.5) is 0 Å². The molecule has 5 nitrogen and oxygen atoms in total. The number of carbonyl (C=O) groups excluding carboxylic acids is 3. The first kappa shape index (κ1) is 15.9. The first-order chi connectivity index (χ1) is 9.60. The number of carbonyl (C=O) groups is 3. The molecular formula is C15H18O5. The van der Waals surface area contributed by atoms with Gasteiger partial charge < -0.3 is 9.47 Å². The Hall–Kier alpha value is -2.17. The Morgan fingerprint density at radius 3 is 2.15 bits per heavy atom. The molecule has 0 aliphatic heterocycles. The first-order valence-corrected chi connectivity index (χ1v) is 6.51. The second-order valence-electron chi connectivity index (χ2n) is 4.08. The molecule has 0 spiro atoms. The molecule has 0 bridgehead atoms. The van der Waals surface area contributed by atoms with Crippen LogP contribution in [0.15, 0.2) is 30.3 Å². The molecule has 0 fully saturated rings. The molecule has 0 aromatic heterocycles. The summed E-state index contributed by atoms with van der Waals surface area (Å²) in [5.41, 5.74) is 0.781. The zero-order chi connectivity index (χ0) is 15.0. The molecule has 1 rings (SSSR count). The molecule has 0 saturated carbocycles. The highest BCUT2D eigenvalue weighted by Gasteiger charge is 2.33. The molecule has 1 aromatic rings. The molecule has 0 aliphatic carbocycles. The highest BCUT2D eigenvalue weighted by molar-refractivity contribution is 6.37. The minimum Gasteiger partial charge on any atom is -0.465 e. The van der Waals surface area contributed by atoms with Crippen LogP contribution in [-0.4, -0.2) is 30.9 Å². The summed E-state index contributed by atoms with van der Waals surface area (Å²) in [6, 6.07) is 8.99. The third-order valence-electron chi connectivity index (χ3n) is 2.65. The topological polar surface area (TPSA) is 69.7 Å². The van der Waals surface area contributed by atoms with Crippen LogP contribution in [0, 0.1) is 5.92 Å². The minimum absolute atomic E-state index is 0.0887. The smallest absolute Gasteiger partial charge is 0.375 e. The fourth-order valence-corrected chi connectivity index (χ4v) is 1.72. The van der Waals surface area contributed by atoms with Crippen LogP contribution in [0.2, 0.25) is 0 Å².